The fourth-order valence-electron chi connectivity index (χ4n) is 2.32. The van der Waals surface area contributed by atoms with Crippen molar-refractivity contribution in [1.82, 2.24) is 0 Å². The largest absolute Gasteiger partial charge is 0.507 e. The maximum Gasteiger partial charge on any atom is 0.190 e. The summed E-state index contributed by atoms with van der Waals surface area (Å²) in [5, 5.41) is 11.3. The molecular formula is C15H10O4. The number of carbonyl (C=O) groups excluding carboxylic acids is 2. The minimum absolute atomic E-state index is 0.0632. The normalized spacial score (nSPS) is 13.7. The number of aromatic hydroxyl groups is 1. The number of ether oxygens (including phenoxy) is 1. The number of benzene rings is 2. The third kappa shape index (κ3) is 1.53. The van der Waals surface area contributed by atoms with Crippen LogP contribution in [0.1, 0.15) is 20.7 Å². The van der Waals surface area contributed by atoms with E-state index in [2.05, 4.69) is 0 Å². The molecule has 2 aromatic rings. The topological polar surface area (TPSA) is 63.6 Å². The minimum atomic E-state index is -0.364. The van der Waals surface area contributed by atoms with Gasteiger partial charge in [0.15, 0.2) is 11.6 Å². The van der Waals surface area contributed by atoms with Gasteiger partial charge in [0.25, 0.3) is 0 Å². The van der Waals surface area contributed by atoms with Crippen molar-refractivity contribution >= 4 is 22.3 Å². The summed E-state index contributed by atoms with van der Waals surface area (Å²) in [6.07, 6.45) is 2.39. The summed E-state index contributed by atoms with van der Waals surface area (Å²) < 4.78 is 5.21. The molecule has 0 saturated heterocycles. The van der Waals surface area contributed by atoms with Crippen LogP contribution in [0.2, 0.25) is 0 Å². The Labute approximate surface area is 108 Å². The van der Waals surface area contributed by atoms with E-state index in [1.807, 2.05) is 0 Å². The molecule has 0 aliphatic heterocycles. The second kappa shape index (κ2) is 3.95. The van der Waals surface area contributed by atoms with E-state index in [1.54, 1.807) is 24.3 Å². The van der Waals surface area contributed by atoms with E-state index in [9.17, 15) is 14.7 Å². The zero-order chi connectivity index (χ0) is 13.6. The number of hydrogen-bond donors (Lipinski definition) is 1. The van der Waals surface area contributed by atoms with Gasteiger partial charge >= 0.3 is 0 Å². The molecule has 0 heterocycles. The first-order valence-corrected chi connectivity index (χ1v) is 5.73. The Morgan fingerprint density at radius 2 is 1.79 bits per heavy atom. The lowest BCUT2D eigenvalue weighted by molar-refractivity contribution is 0.0992. The van der Waals surface area contributed by atoms with Crippen molar-refractivity contribution in [3.8, 4) is 11.5 Å². The van der Waals surface area contributed by atoms with Crippen molar-refractivity contribution in [2.75, 3.05) is 7.11 Å². The Balaban J connectivity index is 2.47. The molecule has 4 nitrogen and oxygen atoms in total. The van der Waals surface area contributed by atoms with Gasteiger partial charge in [0.05, 0.1) is 12.7 Å². The molecule has 0 aromatic heterocycles. The number of hydrogen-bond acceptors (Lipinski definition) is 4. The summed E-state index contributed by atoms with van der Waals surface area (Å²) in [4.78, 5) is 23.7. The maximum absolute atomic E-state index is 11.8. The molecule has 1 aliphatic rings. The summed E-state index contributed by atoms with van der Waals surface area (Å²) in [6.45, 7) is 0. The standard InChI is InChI=1S/C15H10O4/c1-19-13-4-2-3-8-9(13)7-10-11(16)5-6-12(17)14(10)15(8)18/h2-7,18H,1H3. The lowest BCUT2D eigenvalue weighted by Gasteiger charge is -2.14. The third-order valence-electron chi connectivity index (χ3n) is 3.23. The lowest BCUT2D eigenvalue weighted by atomic mass is 9.90. The third-order valence-corrected chi connectivity index (χ3v) is 3.23. The molecule has 0 spiro atoms. The summed E-state index contributed by atoms with van der Waals surface area (Å²) >= 11 is 0. The molecule has 94 valence electrons. The van der Waals surface area contributed by atoms with Gasteiger partial charge < -0.3 is 9.84 Å². The SMILES string of the molecule is COc1cccc2c(O)c3c(cc12)C(=O)C=CC3=O. The predicted octanol–water partition coefficient (Wildman–Crippen LogP) is 2.49. The number of phenolic OH excluding ortho intramolecular Hbond substituents is 1. The van der Waals surface area contributed by atoms with Crippen molar-refractivity contribution < 1.29 is 19.4 Å². The van der Waals surface area contributed by atoms with Gasteiger partial charge in [-0.05, 0) is 24.3 Å². The second-order valence-corrected chi connectivity index (χ2v) is 4.26. The molecular weight excluding hydrogens is 244 g/mol. The van der Waals surface area contributed by atoms with Gasteiger partial charge in [-0.3, -0.25) is 9.59 Å². The molecule has 3 rings (SSSR count). The first kappa shape index (κ1) is 11.5. The van der Waals surface area contributed by atoms with Gasteiger partial charge in [0.2, 0.25) is 0 Å². The average Bonchev–Trinajstić information content (AvgIpc) is 2.42. The van der Waals surface area contributed by atoms with Crippen LogP contribution in [0.15, 0.2) is 36.4 Å². The molecule has 0 saturated carbocycles. The van der Waals surface area contributed by atoms with E-state index in [0.29, 0.717) is 16.5 Å². The number of rotatable bonds is 1. The highest BCUT2D eigenvalue weighted by atomic mass is 16.5. The zero-order valence-corrected chi connectivity index (χ0v) is 10.1. The van der Waals surface area contributed by atoms with Crippen LogP contribution in [-0.2, 0) is 0 Å². The molecule has 0 unspecified atom stereocenters. The van der Waals surface area contributed by atoms with E-state index >= 15 is 0 Å². The van der Waals surface area contributed by atoms with Crippen LogP contribution >= 0.6 is 0 Å². The van der Waals surface area contributed by atoms with Crippen LogP contribution in [0, 0.1) is 0 Å². The molecule has 19 heavy (non-hydrogen) atoms. The molecule has 1 aliphatic carbocycles. The fourth-order valence-corrected chi connectivity index (χ4v) is 2.32. The lowest BCUT2D eigenvalue weighted by Crippen LogP contribution is -2.12. The van der Waals surface area contributed by atoms with E-state index in [0.717, 1.165) is 0 Å². The van der Waals surface area contributed by atoms with E-state index < -0.39 is 0 Å². The summed E-state index contributed by atoms with van der Waals surface area (Å²) in [5.74, 6) is -0.283. The van der Waals surface area contributed by atoms with E-state index in [1.165, 1.54) is 19.3 Å². The van der Waals surface area contributed by atoms with Gasteiger partial charge in [-0.25, -0.2) is 0 Å². The quantitative estimate of drug-likeness (QED) is 0.849. The maximum atomic E-state index is 11.8. The van der Waals surface area contributed by atoms with Crippen LogP contribution in [-0.4, -0.2) is 23.8 Å². The molecule has 0 atom stereocenters. The molecule has 0 radical (unpaired) electrons. The second-order valence-electron chi connectivity index (χ2n) is 4.26. The monoisotopic (exact) mass is 254 g/mol. The summed E-state index contributed by atoms with van der Waals surface area (Å²) in [7, 11) is 1.51. The minimum Gasteiger partial charge on any atom is -0.507 e. The van der Waals surface area contributed by atoms with Gasteiger partial charge in [-0.1, -0.05) is 12.1 Å². The first-order valence-electron chi connectivity index (χ1n) is 5.73. The van der Waals surface area contributed by atoms with Crippen molar-refractivity contribution in [3.05, 3.63) is 47.5 Å². The number of carbonyl (C=O) groups is 2. The highest BCUT2D eigenvalue weighted by molar-refractivity contribution is 6.25. The Morgan fingerprint density at radius 1 is 1.05 bits per heavy atom. The number of ketones is 2. The van der Waals surface area contributed by atoms with Crippen LogP contribution in [0.4, 0.5) is 0 Å². The number of fused-ring (bicyclic) bond motifs is 2. The smallest absolute Gasteiger partial charge is 0.190 e. The highest BCUT2D eigenvalue weighted by Crippen LogP contribution is 2.38. The summed E-state index contributed by atoms with van der Waals surface area (Å²) in [6, 6.07) is 6.73. The van der Waals surface area contributed by atoms with Gasteiger partial charge in [0, 0.05) is 16.3 Å². The summed E-state index contributed by atoms with van der Waals surface area (Å²) in [5.41, 5.74) is 0.273. The molecule has 1 N–H and O–H groups in total. The molecule has 0 fully saturated rings. The van der Waals surface area contributed by atoms with Crippen molar-refractivity contribution in [2.24, 2.45) is 0 Å². The molecule has 4 heteroatoms. The fraction of sp³-hybridized carbons (Fsp3) is 0.0667. The van der Waals surface area contributed by atoms with Crippen molar-refractivity contribution in [3.63, 3.8) is 0 Å². The van der Waals surface area contributed by atoms with Crippen molar-refractivity contribution in [2.45, 2.75) is 0 Å². The van der Waals surface area contributed by atoms with E-state index in [-0.39, 0.29) is 28.4 Å². The molecule has 0 bridgehead atoms. The Hall–Kier alpha value is -2.62. The Morgan fingerprint density at radius 3 is 2.53 bits per heavy atom. The van der Waals surface area contributed by atoms with E-state index in [4.69, 9.17) is 4.74 Å². The zero-order valence-electron chi connectivity index (χ0n) is 10.1. The average molecular weight is 254 g/mol. The van der Waals surface area contributed by atoms with Crippen LogP contribution < -0.4 is 4.74 Å². The highest BCUT2D eigenvalue weighted by Gasteiger charge is 2.25. The molecule has 0 amide bonds. The van der Waals surface area contributed by atoms with Crippen LogP contribution in [0.5, 0.6) is 11.5 Å². The number of phenols is 1. The Kier molecular flexibility index (Phi) is 2.38. The number of methoxy groups -OCH3 is 1. The Bertz CT molecular complexity index is 756. The van der Waals surface area contributed by atoms with Gasteiger partial charge in [-0.15, -0.1) is 0 Å². The van der Waals surface area contributed by atoms with Gasteiger partial charge in [0.1, 0.15) is 11.5 Å². The van der Waals surface area contributed by atoms with Crippen molar-refractivity contribution in [1.29, 1.82) is 0 Å². The van der Waals surface area contributed by atoms with Crippen LogP contribution in [0.25, 0.3) is 10.8 Å². The molecule has 2 aromatic carbocycles. The first-order chi connectivity index (χ1) is 9.13. The predicted molar refractivity (Wildman–Crippen MR) is 70.0 cm³/mol. The van der Waals surface area contributed by atoms with Crippen LogP contribution in [0.3, 0.4) is 0 Å². The van der Waals surface area contributed by atoms with Gasteiger partial charge in [-0.2, -0.15) is 0 Å². The number of allylic oxidation sites excluding steroid dienone is 2.